The van der Waals surface area contributed by atoms with Gasteiger partial charge in [0.1, 0.15) is 5.69 Å². The highest BCUT2D eigenvalue weighted by Crippen LogP contribution is 2.40. The van der Waals surface area contributed by atoms with Crippen LogP contribution in [0.15, 0.2) is 18.2 Å². The van der Waals surface area contributed by atoms with Crippen molar-refractivity contribution in [2.75, 3.05) is 11.9 Å². The Balaban J connectivity index is 1.84. The fourth-order valence-electron chi connectivity index (χ4n) is 3.40. The van der Waals surface area contributed by atoms with Crippen LogP contribution in [0.25, 0.3) is 0 Å². The van der Waals surface area contributed by atoms with Gasteiger partial charge in [0.2, 0.25) is 0 Å². The van der Waals surface area contributed by atoms with Gasteiger partial charge in [-0.15, -0.1) is 0 Å². The SMILES string of the molecule is CC(C)(C)C1CCC(C(=O)OCC(=O)Nc2ccc(Cl)cc2[N+](=O)[O-])CC1. The van der Waals surface area contributed by atoms with Crippen molar-refractivity contribution in [3.8, 4) is 0 Å². The van der Waals surface area contributed by atoms with E-state index >= 15 is 0 Å². The molecule has 1 aromatic carbocycles. The van der Waals surface area contributed by atoms with E-state index in [4.69, 9.17) is 16.3 Å². The van der Waals surface area contributed by atoms with E-state index in [1.165, 1.54) is 12.1 Å². The van der Waals surface area contributed by atoms with Gasteiger partial charge in [0.25, 0.3) is 11.6 Å². The van der Waals surface area contributed by atoms with E-state index < -0.39 is 17.4 Å². The monoisotopic (exact) mass is 396 g/mol. The highest BCUT2D eigenvalue weighted by atomic mass is 35.5. The molecule has 0 aromatic heterocycles. The summed E-state index contributed by atoms with van der Waals surface area (Å²) in [5, 5.41) is 13.6. The molecule has 0 saturated heterocycles. The minimum absolute atomic E-state index is 0.0103. The Morgan fingerprint density at radius 3 is 2.44 bits per heavy atom. The quantitative estimate of drug-likeness (QED) is 0.446. The molecule has 7 nitrogen and oxygen atoms in total. The van der Waals surface area contributed by atoms with Crippen molar-refractivity contribution in [3.05, 3.63) is 33.3 Å². The Morgan fingerprint density at radius 1 is 1.26 bits per heavy atom. The lowest BCUT2D eigenvalue weighted by Gasteiger charge is -2.36. The number of ether oxygens (including phenoxy) is 1. The van der Waals surface area contributed by atoms with Gasteiger partial charge in [-0.2, -0.15) is 0 Å². The van der Waals surface area contributed by atoms with Crippen LogP contribution in [0, 0.1) is 27.4 Å². The highest BCUT2D eigenvalue weighted by molar-refractivity contribution is 6.31. The van der Waals surface area contributed by atoms with Crippen LogP contribution in [0.1, 0.15) is 46.5 Å². The molecule has 0 bridgehead atoms. The van der Waals surface area contributed by atoms with E-state index in [0.717, 1.165) is 31.7 Å². The van der Waals surface area contributed by atoms with Crippen molar-refractivity contribution in [1.29, 1.82) is 0 Å². The van der Waals surface area contributed by atoms with Crippen LogP contribution in [-0.4, -0.2) is 23.4 Å². The van der Waals surface area contributed by atoms with Crippen LogP contribution in [-0.2, 0) is 14.3 Å². The first kappa shape index (κ1) is 21.2. The lowest BCUT2D eigenvalue weighted by molar-refractivity contribution is -0.383. The molecule has 2 rings (SSSR count). The summed E-state index contributed by atoms with van der Waals surface area (Å²) in [5.41, 5.74) is -0.0824. The number of nitrogens with one attached hydrogen (secondary N) is 1. The number of esters is 1. The van der Waals surface area contributed by atoms with Gasteiger partial charge in [-0.25, -0.2) is 0 Å². The number of nitro benzene ring substituents is 1. The number of rotatable bonds is 5. The highest BCUT2D eigenvalue weighted by Gasteiger charge is 2.33. The van der Waals surface area contributed by atoms with Crippen molar-refractivity contribution in [3.63, 3.8) is 0 Å². The third kappa shape index (κ3) is 5.92. The summed E-state index contributed by atoms with van der Waals surface area (Å²) in [6, 6.07) is 3.93. The molecule has 1 aliphatic carbocycles. The van der Waals surface area contributed by atoms with Crippen LogP contribution < -0.4 is 5.32 Å². The molecular weight excluding hydrogens is 372 g/mol. The zero-order valence-electron chi connectivity index (χ0n) is 15.8. The summed E-state index contributed by atoms with van der Waals surface area (Å²) in [6.45, 7) is 6.14. The summed E-state index contributed by atoms with van der Waals surface area (Å²) in [6.07, 6.45) is 3.44. The number of hydrogen-bond acceptors (Lipinski definition) is 5. The van der Waals surface area contributed by atoms with Crippen molar-refractivity contribution >= 4 is 34.9 Å². The third-order valence-electron chi connectivity index (χ3n) is 5.06. The van der Waals surface area contributed by atoms with E-state index in [9.17, 15) is 19.7 Å². The fourth-order valence-corrected chi connectivity index (χ4v) is 3.56. The largest absolute Gasteiger partial charge is 0.455 e. The summed E-state index contributed by atoms with van der Waals surface area (Å²) in [5.74, 6) is -0.628. The van der Waals surface area contributed by atoms with Crippen LogP contribution >= 0.6 is 11.6 Å². The predicted octanol–water partition coefficient (Wildman–Crippen LogP) is 4.58. The standard InChI is InChI=1S/C19H25ClN2O5/c1-19(2,3)13-6-4-12(5-7-13)18(24)27-11-17(23)21-15-9-8-14(20)10-16(15)22(25)26/h8-10,12-13H,4-7,11H2,1-3H3,(H,21,23). The van der Waals surface area contributed by atoms with Crippen LogP contribution in [0.3, 0.4) is 0 Å². The Labute approximate surface area is 163 Å². The first-order valence-electron chi connectivity index (χ1n) is 8.98. The number of anilines is 1. The van der Waals surface area contributed by atoms with Gasteiger partial charge in [-0.3, -0.25) is 19.7 Å². The topological polar surface area (TPSA) is 98.5 Å². The minimum Gasteiger partial charge on any atom is -0.455 e. The molecule has 1 aliphatic rings. The molecule has 1 fully saturated rings. The van der Waals surface area contributed by atoms with Crippen LogP contribution in [0.4, 0.5) is 11.4 Å². The van der Waals surface area contributed by atoms with Gasteiger partial charge in [0.15, 0.2) is 6.61 Å². The second-order valence-electron chi connectivity index (χ2n) is 7.99. The Morgan fingerprint density at radius 2 is 1.89 bits per heavy atom. The minimum atomic E-state index is -0.638. The number of nitrogens with zero attached hydrogens (tertiary/aromatic N) is 1. The van der Waals surface area contributed by atoms with Crippen molar-refractivity contribution in [2.24, 2.45) is 17.3 Å². The number of carbonyl (C=O) groups is 2. The lowest BCUT2D eigenvalue weighted by Crippen LogP contribution is -2.31. The first-order valence-corrected chi connectivity index (χ1v) is 9.36. The Kier molecular flexibility index (Phi) is 6.81. The van der Waals surface area contributed by atoms with E-state index in [2.05, 4.69) is 26.1 Å². The second-order valence-corrected chi connectivity index (χ2v) is 8.43. The number of benzene rings is 1. The van der Waals surface area contributed by atoms with Crippen LogP contribution in [0.5, 0.6) is 0 Å². The molecule has 1 aromatic rings. The zero-order valence-corrected chi connectivity index (χ0v) is 16.5. The van der Waals surface area contributed by atoms with Gasteiger partial charge in [0.05, 0.1) is 10.8 Å². The van der Waals surface area contributed by atoms with Gasteiger partial charge in [-0.1, -0.05) is 32.4 Å². The Bertz CT molecular complexity index is 721. The maximum atomic E-state index is 12.2. The first-order chi connectivity index (χ1) is 12.6. The summed E-state index contributed by atoms with van der Waals surface area (Å²) >= 11 is 5.74. The smallest absolute Gasteiger partial charge is 0.309 e. The maximum Gasteiger partial charge on any atom is 0.309 e. The molecule has 1 amide bonds. The molecule has 0 radical (unpaired) electrons. The van der Waals surface area contributed by atoms with E-state index in [-0.39, 0.29) is 33.7 Å². The number of carbonyl (C=O) groups excluding carboxylic acids is 2. The summed E-state index contributed by atoms with van der Waals surface area (Å²) in [7, 11) is 0. The van der Waals surface area contributed by atoms with Gasteiger partial charge in [0, 0.05) is 11.1 Å². The number of nitro groups is 1. The van der Waals surface area contributed by atoms with Crippen LogP contribution in [0.2, 0.25) is 5.02 Å². The molecule has 0 heterocycles. The third-order valence-corrected chi connectivity index (χ3v) is 5.30. The number of halogens is 1. The fraction of sp³-hybridized carbons (Fsp3) is 0.579. The van der Waals surface area contributed by atoms with Crippen molar-refractivity contribution < 1.29 is 19.2 Å². The zero-order chi connectivity index (χ0) is 20.2. The predicted molar refractivity (Wildman–Crippen MR) is 103 cm³/mol. The molecule has 0 atom stereocenters. The van der Waals surface area contributed by atoms with E-state index in [0.29, 0.717) is 5.92 Å². The van der Waals surface area contributed by atoms with Crippen molar-refractivity contribution in [2.45, 2.75) is 46.5 Å². The van der Waals surface area contributed by atoms with Crippen molar-refractivity contribution in [1.82, 2.24) is 0 Å². The molecule has 1 saturated carbocycles. The number of amides is 1. The molecule has 1 N–H and O–H groups in total. The molecule has 0 unspecified atom stereocenters. The van der Waals surface area contributed by atoms with Gasteiger partial charge in [-0.05, 0) is 49.1 Å². The lowest BCUT2D eigenvalue weighted by atomic mass is 9.70. The average Bonchev–Trinajstić information content (AvgIpc) is 2.60. The summed E-state index contributed by atoms with van der Waals surface area (Å²) in [4.78, 5) is 34.6. The normalized spacial score (nSPS) is 20.0. The average molecular weight is 397 g/mol. The molecule has 0 aliphatic heterocycles. The van der Waals surface area contributed by atoms with Gasteiger partial charge < -0.3 is 10.1 Å². The maximum absolute atomic E-state index is 12.2. The molecule has 8 heteroatoms. The molecule has 27 heavy (non-hydrogen) atoms. The summed E-state index contributed by atoms with van der Waals surface area (Å²) < 4.78 is 5.11. The molecular formula is C19H25ClN2O5. The molecule has 148 valence electrons. The van der Waals surface area contributed by atoms with Gasteiger partial charge >= 0.3 is 5.97 Å². The number of hydrogen-bond donors (Lipinski definition) is 1. The molecule has 0 spiro atoms. The van der Waals surface area contributed by atoms with E-state index in [1.807, 2.05) is 0 Å². The second kappa shape index (κ2) is 8.69. The van der Waals surface area contributed by atoms with E-state index in [1.54, 1.807) is 0 Å². The Hall–Kier alpha value is -2.15.